The average molecular weight is 973 g/mol. The predicted octanol–water partition coefficient (Wildman–Crippen LogP) is 14.3. The third kappa shape index (κ3) is 7.61. The highest BCUT2D eigenvalue weighted by atomic mass is 32.2. The molecule has 74 heavy (non-hydrogen) atoms. The van der Waals surface area contributed by atoms with Gasteiger partial charge in [0.15, 0.2) is 46.4 Å². The second-order valence-corrected chi connectivity index (χ2v) is 18.4. The molecule has 6 aromatic carbocycles. The number of hydrogen-bond donors (Lipinski definition) is 0. The molecular formula is C60H36N12OS. The highest BCUT2D eigenvalue weighted by Crippen LogP contribution is 2.56. The zero-order chi connectivity index (χ0) is 49.0. The summed E-state index contributed by atoms with van der Waals surface area (Å²) in [6.45, 7) is 0. The molecule has 6 aromatic heterocycles. The van der Waals surface area contributed by atoms with Crippen LogP contribution in [0.1, 0.15) is 0 Å². The van der Waals surface area contributed by atoms with E-state index in [0.717, 1.165) is 66.2 Å². The summed E-state index contributed by atoms with van der Waals surface area (Å²) in [5.41, 5.74) is 9.25. The van der Waals surface area contributed by atoms with Gasteiger partial charge in [-0.2, -0.15) is 0 Å². The van der Waals surface area contributed by atoms with Gasteiger partial charge in [0.05, 0.1) is 28.4 Å². The van der Waals surface area contributed by atoms with E-state index in [9.17, 15) is 0 Å². The Morgan fingerprint density at radius 2 is 0.743 bits per heavy atom. The second-order valence-electron chi connectivity index (χ2n) is 17.3. The molecule has 14 heteroatoms. The molecule has 0 spiro atoms. The number of anilines is 6. The van der Waals surface area contributed by atoms with E-state index in [2.05, 4.69) is 105 Å². The van der Waals surface area contributed by atoms with Gasteiger partial charge in [-0.15, -0.1) is 0 Å². The number of rotatable bonds is 8. The van der Waals surface area contributed by atoms with Crippen LogP contribution in [-0.4, -0.2) is 49.8 Å². The minimum atomic E-state index is 0.383. The van der Waals surface area contributed by atoms with Gasteiger partial charge in [-0.25, -0.2) is 29.9 Å². The summed E-state index contributed by atoms with van der Waals surface area (Å²) in [5.74, 6) is 3.79. The molecule has 0 fully saturated rings. The number of hydrogen-bond acceptors (Lipinski definition) is 14. The topological polar surface area (TPSA) is 145 Å². The number of para-hydroxylation sites is 6. The zero-order valence-electron chi connectivity index (χ0n) is 39.0. The molecule has 0 N–H and O–H groups in total. The average Bonchev–Trinajstić information content (AvgIpc) is 3.48. The molecule has 0 unspecified atom stereocenters. The van der Waals surface area contributed by atoms with E-state index in [1.54, 1.807) is 36.5 Å². The first-order valence-corrected chi connectivity index (χ1v) is 24.6. The molecule has 12 aromatic rings. The van der Waals surface area contributed by atoms with Gasteiger partial charge in [-0.1, -0.05) is 84.6 Å². The van der Waals surface area contributed by atoms with Crippen molar-refractivity contribution in [2.75, 3.05) is 9.80 Å². The van der Waals surface area contributed by atoms with E-state index < -0.39 is 0 Å². The Morgan fingerprint density at radius 1 is 0.324 bits per heavy atom. The van der Waals surface area contributed by atoms with E-state index in [-0.39, 0.29) is 0 Å². The van der Waals surface area contributed by atoms with E-state index in [1.165, 1.54) is 0 Å². The van der Waals surface area contributed by atoms with Crippen molar-refractivity contribution in [2.24, 2.45) is 0 Å². The zero-order valence-corrected chi connectivity index (χ0v) is 39.8. The Hall–Kier alpha value is -10.1. The number of aromatic nitrogens is 10. The van der Waals surface area contributed by atoms with E-state index >= 15 is 0 Å². The quantitative estimate of drug-likeness (QED) is 0.142. The first kappa shape index (κ1) is 42.8. The van der Waals surface area contributed by atoms with Crippen LogP contribution >= 0.6 is 11.8 Å². The Balaban J connectivity index is 1.13. The molecule has 8 heterocycles. The van der Waals surface area contributed by atoms with Crippen molar-refractivity contribution in [3.63, 3.8) is 0 Å². The van der Waals surface area contributed by atoms with Crippen LogP contribution in [0.25, 0.3) is 79.6 Å². The molecule has 0 saturated carbocycles. The first-order valence-electron chi connectivity index (χ1n) is 23.8. The van der Waals surface area contributed by atoms with Gasteiger partial charge in [0.25, 0.3) is 0 Å². The normalized spacial score (nSPS) is 12.3. The third-order valence-electron chi connectivity index (χ3n) is 12.7. The molecular weight excluding hydrogens is 937 g/mol. The largest absolute Gasteiger partial charge is 0.453 e. The summed E-state index contributed by atoms with van der Waals surface area (Å²) < 4.78 is 6.59. The van der Waals surface area contributed by atoms with Crippen LogP contribution in [0, 0.1) is 0 Å². The van der Waals surface area contributed by atoms with Gasteiger partial charge in [0, 0.05) is 56.8 Å². The van der Waals surface area contributed by atoms with Gasteiger partial charge < -0.3 is 14.5 Å². The van der Waals surface area contributed by atoms with Crippen LogP contribution in [-0.2, 0) is 0 Å². The van der Waals surface area contributed by atoms with Crippen LogP contribution in [0.4, 0.5) is 34.1 Å². The lowest BCUT2D eigenvalue weighted by Gasteiger charge is -2.36. The monoisotopic (exact) mass is 972 g/mol. The maximum absolute atomic E-state index is 6.59. The third-order valence-corrected chi connectivity index (χ3v) is 13.9. The molecule has 0 bridgehead atoms. The smallest absolute Gasteiger partial charge is 0.182 e. The minimum Gasteiger partial charge on any atom is -0.453 e. The van der Waals surface area contributed by atoms with Crippen LogP contribution in [0.5, 0.6) is 11.5 Å². The predicted molar refractivity (Wildman–Crippen MR) is 288 cm³/mol. The van der Waals surface area contributed by atoms with Gasteiger partial charge in [0.1, 0.15) is 22.8 Å². The number of nitrogens with zero attached hydrogens (tertiary/aromatic N) is 12. The number of pyridine rings is 4. The summed E-state index contributed by atoms with van der Waals surface area (Å²) >= 11 is 1.75. The SMILES string of the molecule is c1ccc(-c2nc(-c3cc(-c4nc(-c5ccccn5)nc(-c5ccccn5)n4)c4cc(N5c6ccccc6Oc6ccccc65)cc(N5c6ccccc6Sc6ccccc65)c4c3)nc(-c3ccccn3)n2)nc1. The lowest BCUT2D eigenvalue weighted by atomic mass is 9.95. The summed E-state index contributed by atoms with van der Waals surface area (Å²) in [7, 11) is 0. The standard InChI is InChI=1S/C60H36N12OS/c1-5-25-51-46(21-1)71(47-22-2-6-26-52(47)73-51)38-35-39-40(50(36-38)72-48-23-3-7-27-53(48)74-54-28-8-4-24-49(54)72)33-37(55-65-57(42-17-9-13-29-61-42)69-58(66-55)43-18-10-14-30-62-43)34-41(39)56-67-59(44-19-11-15-31-63-44)70-60(68-56)45-20-12-16-32-64-45/h1-36H. The molecule has 0 saturated heterocycles. The molecule has 2 aliphatic rings. The van der Waals surface area contributed by atoms with Crippen molar-refractivity contribution in [3.8, 4) is 80.3 Å². The van der Waals surface area contributed by atoms with Crippen molar-refractivity contribution < 1.29 is 4.74 Å². The van der Waals surface area contributed by atoms with Gasteiger partial charge in [-0.05, 0) is 127 Å². The first-order chi connectivity index (χ1) is 36.7. The Kier molecular flexibility index (Phi) is 10.4. The highest BCUT2D eigenvalue weighted by molar-refractivity contribution is 7.99. The molecule has 2 aliphatic heterocycles. The Labute approximate surface area is 428 Å². The van der Waals surface area contributed by atoms with Crippen LogP contribution in [0.15, 0.2) is 229 Å². The van der Waals surface area contributed by atoms with Crippen molar-refractivity contribution in [1.82, 2.24) is 49.8 Å². The number of benzene rings is 6. The fourth-order valence-corrected chi connectivity index (χ4v) is 10.5. The molecule has 348 valence electrons. The van der Waals surface area contributed by atoms with Crippen molar-refractivity contribution in [1.29, 1.82) is 0 Å². The second kappa shape index (κ2) is 18.0. The van der Waals surface area contributed by atoms with Crippen LogP contribution in [0.3, 0.4) is 0 Å². The highest BCUT2D eigenvalue weighted by Gasteiger charge is 2.31. The van der Waals surface area contributed by atoms with Crippen molar-refractivity contribution in [2.45, 2.75) is 9.79 Å². The molecule has 0 radical (unpaired) electrons. The maximum Gasteiger partial charge on any atom is 0.182 e. The molecule has 0 aliphatic carbocycles. The fraction of sp³-hybridized carbons (Fsp3) is 0. The van der Waals surface area contributed by atoms with Crippen LogP contribution < -0.4 is 14.5 Å². The summed E-state index contributed by atoms with van der Waals surface area (Å²) in [4.78, 5) is 56.6. The van der Waals surface area contributed by atoms with Crippen LogP contribution in [0.2, 0.25) is 0 Å². The van der Waals surface area contributed by atoms with E-state index in [1.807, 2.05) is 109 Å². The van der Waals surface area contributed by atoms with Crippen molar-refractivity contribution >= 4 is 56.7 Å². The summed E-state index contributed by atoms with van der Waals surface area (Å²) in [6.07, 6.45) is 6.93. The lowest BCUT2D eigenvalue weighted by Crippen LogP contribution is -2.18. The lowest BCUT2D eigenvalue weighted by molar-refractivity contribution is 0.477. The van der Waals surface area contributed by atoms with E-state index in [0.29, 0.717) is 68.8 Å². The van der Waals surface area contributed by atoms with E-state index in [4.69, 9.17) is 44.6 Å². The Bertz CT molecular complexity index is 3910. The maximum atomic E-state index is 6.59. The molecule has 0 amide bonds. The Morgan fingerprint density at radius 3 is 1.22 bits per heavy atom. The molecule has 0 atom stereocenters. The van der Waals surface area contributed by atoms with Gasteiger partial charge >= 0.3 is 0 Å². The van der Waals surface area contributed by atoms with Crippen molar-refractivity contribution in [3.05, 3.63) is 219 Å². The molecule has 14 rings (SSSR count). The summed E-state index contributed by atoms with van der Waals surface area (Å²) in [6, 6.07) is 64.7. The summed E-state index contributed by atoms with van der Waals surface area (Å²) in [5, 5.41) is 1.70. The van der Waals surface area contributed by atoms with Gasteiger partial charge in [0.2, 0.25) is 0 Å². The minimum absolute atomic E-state index is 0.383. The van der Waals surface area contributed by atoms with Gasteiger partial charge in [-0.3, -0.25) is 19.9 Å². The molecule has 13 nitrogen and oxygen atoms in total. The number of ether oxygens (including phenoxy) is 1. The fourth-order valence-electron chi connectivity index (χ4n) is 9.44. The number of fused-ring (bicyclic) bond motifs is 5.